The van der Waals surface area contributed by atoms with E-state index in [1.54, 1.807) is 36.4 Å². The predicted octanol–water partition coefficient (Wildman–Crippen LogP) is 2.55. The molecule has 1 heterocycles. The van der Waals surface area contributed by atoms with Crippen molar-refractivity contribution in [1.82, 2.24) is 4.98 Å². The van der Waals surface area contributed by atoms with Gasteiger partial charge in [-0.1, -0.05) is 41.6 Å². The molecule has 0 radical (unpaired) electrons. The van der Waals surface area contributed by atoms with Crippen LogP contribution in [0.25, 0.3) is 0 Å². The Bertz CT molecular complexity index is 880. The summed E-state index contributed by atoms with van der Waals surface area (Å²) in [5.74, 6) is 2.59. The molecule has 0 aliphatic heterocycles. The minimum Gasteiger partial charge on any atom is -0.391 e. The fourth-order valence-electron chi connectivity index (χ4n) is 2.07. The number of aromatic nitrogens is 1. The first-order valence-electron chi connectivity index (χ1n) is 7.69. The number of rotatable bonds is 7. The van der Waals surface area contributed by atoms with Gasteiger partial charge in [-0.05, 0) is 12.5 Å². The van der Waals surface area contributed by atoms with E-state index >= 15 is 0 Å². The van der Waals surface area contributed by atoms with Crippen molar-refractivity contribution in [3.63, 3.8) is 0 Å². The Morgan fingerprint density at radius 2 is 2.04 bits per heavy atom. The standard InChI is InChI=1S/C19H16N4O3/c1-2-3-7-15-10-11-16(22-18(15)26-19(21)24)13-25-23-17(12-20)14-8-5-4-6-9-14/h1,4-6,8-11H,3,7,13H2,(H2,21,24). The van der Waals surface area contributed by atoms with E-state index < -0.39 is 6.09 Å². The van der Waals surface area contributed by atoms with Crippen LogP contribution in [-0.4, -0.2) is 16.8 Å². The number of nitrogens with zero attached hydrogens (tertiary/aromatic N) is 3. The summed E-state index contributed by atoms with van der Waals surface area (Å²) in [6, 6.07) is 14.3. The van der Waals surface area contributed by atoms with Gasteiger partial charge < -0.3 is 15.3 Å². The van der Waals surface area contributed by atoms with E-state index in [1.807, 2.05) is 12.1 Å². The number of nitriles is 1. The maximum atomic E-state index is 11.0. The molecule has 2 rings (SSSR count). The van der Waals surface area contributed by atoms with Crippen LogP contribution in [0.5, 0.6) is 5.88 Å². The van der Waals surface area contributed by atoms with E-state index in [-0.39, 0.29) is 18.2 Å². The minimum atomic E-state index is -0.966. The third kappa shape index (κ3) is 5.36. The maximum Gasteiger partial charge on any atom is 0.411 e. The van der Waals surface area contributed by atoms with Crippen LogP contribution in [-0.2, 0) is 17.9 Å². The van der Waals surface area contributed by atoms with E-state index in [0.717, 1.165) is 0 Å². The summed E-state index contributed by atoms with van der Waals surface area (Å²) < 4.78 is 4.92. The van der Waals surface area contributed by atoms with Gasteiger partial charge in [0.1, 0.15) is 6.07 Å². The van der Waals surface area contributed by atoms with Crippen molar-refractivity contribution in [2.45, 2.75) is 19.4 Å². The third-order valence-corrected chi connectivity index (χ3v) is 3.25. The van der Waals surface area contributed by atoms with Gasteiger partial charge in [0.05, 0.1) is 5.69 Å². The lowest BCUT2D eigenvalue weighted by atomic mass is 10.1. The number of terminal acetylenes is 1. The lowest BCUT2D eigenvalue weighted by molar-refractivity contribution is 0.127. The summed E-state index contributed by atoms with van der Waals surface area (Å²) in [5, 5.41) is 13.0. The summed E-state index contributed by atoms with van der Waals surface area (Å²) in [7, 11) is 0. The van der Waals surface area contributed by atoms with Crippen molar-refractivity contribution in [2.24, 2.45) is 10.9 Å². The molecular formula is C19H16N4O3. The molecule has 0 spiro atoms. The number of amides is 1. The highest BCUT2D eigenvalue weighted by Crippen LogP contribution is 2.19. The molecule has 0 atom stereocenters. The largest absolute Gasteiger partial charge is 0.411 e. The van der Waals surface area contributed by atoms with E-state index in [0.29, 0.717) is 29.7 Å². The summed E-state index contributed by atoms with van der Waals surface area (Å²) in [4.78, 5) is 20.4. The second kappa shape index (κ2) is 9.45. The third-order valence-electron chi connectivity index (χ3n) is 3.25. The number of nitrogens with two attached hydrogens (primary N) is 1. The highest BCUT2D eigenvalue weighted by atomic mass is 16.6. The van der Waals surface area contributed by atoms with Crippen molar-refractivity contribution >= 4 is 11.8 Å². The van der Waals surface area contributed by atoms with Crippen LogP contribution in [0.1, 0.15) is 23.2 Å². The Labute approximate surface area is 151 Å². The summed E-state index contributed by atoms with van der Waals surface area (Å²) in [5.41, 5.74) is 6.97. The van der Waals surface area contributed by atoms with Crippen LogP contribution in [0.15, 0.2) is 47.6 Å². The topological polar surface area (TPSA) is 111 Å². The van der Waals surface area contributed by atoms with Gasteiger partial charge in [-0.3, -0.25) is 0 Å². The number of hydrogen-bond acceptors (Lipinski definition) is 6. The van der Waals surface area contributed by atoms with Gasteiger partial charge in [0.2, 0.25) is 5.88 Å². The monoisotopic (exact) mass is 348 g/mol. The first-order valence-corrected chi connectivity index (χ1v) is 7.69. The molecule has 0 fully saturated rings. The summed E-state index contributed by atoms with van der Waals surface area (Å²) in [6.07, 6.45) is 5.25. The molecule has 0 aliphatic rings. The quantitative estimate of drug-likeness (QED) is 0.469. The molecule has 0 saturated carbocycles. The number of pyridine rings is 1. The molecule has 1 aromatic heterocycles. The minimum absolute atomic E-state index is 0.0114. The first kappa shape index (κ1) is 18.5. The van der Waals surface area contributed by atoms with E-state index in [4.69, 9.17) is 21.7 Å². The Morgan fingerprint density at radius 1 is 1.27 bits per heavy atom. The number of aryl methyl sites for hydroxylation is 1. The lowest BCUT2D eigenvalue weighted by Crippen LogP contribution is -2.18. The molecule has 130 valence electrons. The number of carbonyl (C=O) groups is 1. The van der Waals surface area contributed by atoms with Gasteiger partial charge in [0, 0.05) is 17.5 Å². The average Bonchev–Trinajstić information content (AvgIpc) is 2.65. The molecule has 0 bridgehead atoms. The van der Waals surface area contributed by atoms with E-state index in [9.17, 15) is 10.1 Å². The number of hydrogen-bond donors (Lipinski definition) is 1. The first-order chi connectivity index (χ1) is 12.6. The molecule has 1 aromatic carbocycles. The zero-order valence-corrected chi connectivity index (χ0v) is 13.9. The van der Waals surface area contributed by atoms with Gasteiger partial charge in [-0.15, -0.1) is 12.3 Å². The predicted molar refractivity (Wildman–Crippen MR) is 95.0 cm³/mol. The normalized spacial score (nSPS) is 10.5. The van der Waals surface area contributed by atoms with Crippen molar-refractivity contribution in [1.29, 1.82) is 5.26 Å². The molecule has 0 unspecified atom stereocenters. The molecule has 26 heavy (non-hydrogen) atoms. The number of ether oxygens (including phenoxy) is 1. The Kier molecular flexibility index (Phi) is 6.73. The van der Waals surface area contributed by atoms with Crippen LogP contribution in [0.2, 0.25) is 0 Å². The number of carbonyl (C=O) groups excluding carboxylic acids is 1. The molecule has 0 aliphatic carbocycles. The fourth-order valence-corrected chi connectivity index (χ4v) is 2.07. The molecule has 7 nitrogen and oxygen atoms in total. The van der Waals surface area contributed by atoms with Crippen LogP contribution < -0.4 is 10.5 Å². The molecule has 7 heteroatoms. The smallest absolute Gasteiger partial charge is 0.391 e. The Balaban J connectivity index is 2.11. The van der Waals surface area contributed by atoms with E-state index in [1.165, 1.54) is 0 Å². The number of benzene rings is 1. The number of oxime groups is 1. The maximum absolute atomic E-state index is 11.0. The van der Waals surface area contributed by atoms with Gasteiger partial charge in [-0.2, -0.15) is 5.26 Å². The van der Waals surface area contributed by atoms with Crippen molar-refractivity contribution < 1.29 is 14.4 Å². The molecule has 2 N–H and O–H groups in total. The zero-order chi connectivity index (χ0) is 18.8. The van der Waals surface area contributed by atoms with Gasteiger partial charge in [0.15, 0.2) is 12.3 Å². The van der Waals surface area contributed by atoms with Crippen molar-refractivity contribution in [3.05, 3.63) is 59.3 Å². The summed E-state index contributed by atoms with van der Waals surface area (Å²) >= 11 is 0. The van der Waals surface area contributed by atoms with Crippen LogP contribution >= 0.6 is 0 Å². The second-order valence-electron chi connectivity index (χ2n) is 5.08. The highest BCUT2D eigenvalue weighted by Gasteiger charge is 2.10. The van der Waals surface area contributed by atoms with Gasteiger partial charge in [-0.25, -0.2) is 9.78 Å². The number of primary amides is 1. The molecule has 0 saturated heterocycles. The van der Waals surface area contributed by atoms with Gasteiger partial charge >= 0.3 is 6.09 Å². The summed E-state index contributed by atoms with van der Waals surface area (Å²) in [6.45, 7) is -0.0114. The lowest BCUT2D eigenvalue weighted by Gasteiger charge is -2.08. The van der Waals surface area contributed by atoms with Crippen LogP contribution in [0.4, 0.5) is 4.79 Å². The van der Waals surface area contributed by atoms with Crippen LogP contribution in [0.3, 0.4) is 0 Å². The fraction of sp³-hybridized carbons (Fsp3) is 0.158. The van der Waals surface area contributed by atoms with E-state index in [2.05, 4.69) is 16.1 Å². The average molecular weight is 348 g/mol. The van der Waals surface area contributed by atoms with Gasteiger partial charge in [0.25, 0.3) is 0 Å². The second-order valence-corrected chi connectivity index (χ2v) is 5.08. The zero-order valence-electron chi connectivity index (χ0n) is 13.9. The Hall–Kier alpha value is -3.84. The SMILES string of the molecule is C#CCCc1ccc(CON=C(C#N)c2ccccc2)nc1OC(N)=O. The molecule has 1 amide bonds. The highest BCUT2D eigenvalue weighted by molar-refractivity contribution is 6.11. The molecule has 2 aromatic rings. The molecular weight excluding hydrogens is 332 g/mol. The van der Waals surface area contributed by atoms with Crippen LogP contribution in [0, 0.1) is 23.7 Å². The Morgan fingerprint density at radius 3 is 2.69 bits per heavy atom. The van der Waals surface area contributed by atoms with Crippen molar-refractivity contribution in [3.8, 4) is 24.3 Å². The van der Waals surface area contributed by atoms with Crippen molar-refractivity contribution in [2.75, 3.05) is 0 Å².